The van der Waals surface area contributed by atoms with Gasteiger partial charge in [0.05, 0.1) is 6.61 Å². The zero-order valence-electron chi connectivity index (χ0n) is 5.96. The molecule has 0 aromatic carbocycles. The van der Waals surface area contributed by atoms with E-state index >= 15 is 0 Å². The predicted molar refractivity (Wildman–Crippen MR) is 37.6 cm³/mol. The van der Waals surface area contributed by atoms with E-state index in [1.165, 1.54) is 6.42 Å². The van der Waals surface area contributed by atoms with Crippen LogP contribution in [0.2, 0.25) is 0 Å². The maximum Gasteiger partial charge on any atom is 0.327 e. The number of hydrogen-bond acceptors (Lipinski definition) is 2. The largest absolute Gasteiger partial charge is 0.327 e. The van der Waals surface area contributed by atoms with E-state index in [4.69, 9.17) is 0 Å². The first-order chi connectivity index (χ1) is 4.31. The monoisotopic (exact) mass is 148 g/mol. The Morgan fingerprint density at radius 3 is 2.78 bits per heavy atom. The third kappa shape index (κ3) is 5.94. The van der Waals surface area contributed by atoms with Crippen molar-refractivity contribution in [1.82, 2.24) is 0 Å². The summed E-state index contributed by atoms with van der Waals surface area (Å²) in [6, 6.07) is 0. The molecular formula is C6H13O2P. The second-order valence-electron chi connectivity index (χ2n) is 2.26. The van der Waals surface area contributed by atoms with Crippen molar-refractivity contribution in [2.45, 2.75) is 26.7 Å². The maximum atomic E-state index is 9.79. The summed E-state index contributed by atoms with van der Waals surface area (Å²) in [6.45, 7) is 4.83. The molecule has 0 aliphatic carbocycles. The molecule has 0 rings (SSSR count). The molecule has 0 fully saturated rings. The molecule has 3 heteroatoms. The molecule has 0 aliphatic heterocycles. The van der Waals surface area contributed by atoms with Gasteiger partial charge >= 0.3 is 8.69 Å². The number of rotatable bonds is 5. The minimum atomic E-state index is -0.195. The minimum absolute atomic E-state index is 0.195. The second-order valence-corrected chi connectivity index (χ2v) is 2.67. The summed E-state index contributed by atoms with van der Waals surface area (Å²) in [5.74, 6) is 0.538. The molecule has 0 saturated carbocycles. The maximum absolute atomic E-state index is 9.79. The lowest BCUT2D eigenvalue weighted by Crippen LogP contribution is -1.99. The molecule has 0 saturated heterocycles. The van der Waals surface area contributed by atoms with E-state index in [0.29, 0.717) is 12.5 Å². The lowest BCUT2D eigenvalue weighted by molar-refractivity contribution is 0.272. The molecule has 2 nitrogen and oxygen atoms in total. The van der Waals surface area contributed by atoms with Crippen molar-refractivity contribution in [3.8, 4) is 0 Å². The van der Waals surface area contributed by atoms with E-state index in [0.717, 1.165) is 6.42 Å². The van der Waals surface area contributed by atoms with Gasteiger partial charge in [-0.05, 0) is 12.3 Å². The quantitative estimate of drug-likeness (QED) is 0.560. The van der Waals surface area contributed by atoms with Crippen LogP contribution in [0.15, 0.2) is 0 Å². The van der Waals surface area contributed by atoms with Gasteiger partial charge in [-0.3, -0.25) is 4.52 Å². The molecule has 0 heterocycles. The molecule has 0 aromatic heterocycles. The van der Waals surface area contributed by atoms with Crippen molar-refractivity contribution in [2.75, 3.05) is 6.61 Å². The molecule has 0 bridgehead atoms. The second kappa shape index (κ2) is 6.18. The van der Waals surface area contributed by atoms with E-state index in [2.05, 4.69) is 18.4 Å². The van der Waals surface area contributed by atoms with Crippen LogP contribution in [0, 0.1) is 5.92 Å². The topological polar surface area (TPSA) is 26.3 Å². The Kier molecular flexibility index (Phi) is 6.23. The van der Waals surface area contributed by atoms with Gasteiger partial charge in [-0.15, -0.1) is 0 Å². The normalized spacial score (nSPS) is 14.0. The van der Waals surface area contributed by atoms with Crippen LogP contribution in [0.4, 0.5) is 0 Å². The fourth-order valence-electron chi connectivity index (χ4n) is 0.734. The average Bonchev–Trinajstić information content (AvgIpc) is 1.85. The summed E-state index contributed by atoms with van der Waals surface area (Å²) in [5, 5.41) is 0. The Hall–Kier alpha value is 0.0600. The van der Waals surface area contributed by atoms with Crippen LogP contribution < -0.4 is 0 Å². The molecule has 54 valence electrons. The van der Waals surface area contributed by atoms with Crippen LogP contribution in [-0.2, 0) is 9.09 Å². The fraction of sp³-hybridized carbons (Fsp3) is 1.00. The molecule has 0 aliphatic rings. The summed E-state index contributed by atoms with van der Waals surface area (Å²) in [4.78, 5) is 0. The third-order valence-corrected chi connectivity index (χ3v) is 1.45. The van der Waals surface area contributed by atoms with Crippen molar-refractivity contribution < 1.29 is 9.09 Å². The van der Waals surface area contributed by atoms with Crippen molar-refractivity contribution in [3.63, 3.8) is 0 Å². The molecular weight excluding hydrogens is 135 g/mol. The van der Waals surface area contributed by atoms with Gasteiger partial charge in [0.2, 0.25) is 0 Å². The van der Waals surface area contributed by atoms with Gasteiger partial charge < -0.3 is 0 Å². The van der Waals surface area contributed by atoms with Gasteiger partial charge in [0.1, 0.15) is 0 Å². The summed E-state index contributed by atoms with van der Waals surface area (Å²) >= 11 is 0. The first-order valence-electron chi connectivity index (χ1n) is 3.25. The Morgan fingerprint density at radius 1 is 1.67 bits per heavy atom. The van der Waals surface area contributed by atoms with Gasteiger partial charge in [-0.25, -0.2) is 4.57 Å². The standard InChI is InChI=1S/C6H13O2P/c1-3-4-6(2)5-8-9-7/h6H,3-5H2,1-2H3. The van der Waals surface area contributed by atoms with E-state index in [1.807, 2.05) is 0 Å². The smallest absolute Gasteiger partial charge is 0.294 e. The predicted octanol–water partition coefficient (Wildman–Crippen LogP) is 2.65. The third-order valence-electron chi connectivity index (χ3n) is 1.19. The number of hydrogen-bond donors (Lipinski definition) is 0. The van der Waals surface area contributed by atoms with E-state index in [1.54, 1.807) is 0 Å². The molecule has 0 spiro atoms. The Balaban J connectivity index is 3.04. The van der Waals surface area contributed by atoms with Crippen LogP contribution in [0.3, 0.4) is 0 Å². The first-order valence-corrected chi connectivity index (χ1v) is 3.99. The van der Waals surface area contributed by atoms with E-state index < -0.39 is 0 Å². The molecule has 0 amide bonds. The van der Waals surface area contributed by atoms with Crippen molar-refractivity contribution in [2.24, 2.45) is 5.92 Å². The van der Waals surface area contributed by atoms with Gasteiger partial charge in [0, 0.05) is 0 Å². The molecule has 9 heavy (non-hydrogen) atoms. The molecule has 0 radical (unpaired) electrons. The van der Waals surface area contributed by atoms with Crippen molar-refractivity contribution in [1.29, 1.82) is 0 Å². The van der Waals surface area contributed by atoms with Crippen molar-refractivity contribution >= 4 is 8.69 Å². The Morgan fingerprint density at radius 2 is 2.33 bits per heavy atom. The van der Waals surface area contributed by atoms with E-state index in [9.17, 15) is 4.57 Å². The average molecular weight is 148 g/mol. The zero-order valence-corrected chi connectivity index (χ0v) is 6.86. The summed E-state index contributed by atoms with van der Waals surface area (Å²) in [6.07, 6.45) is 2.32. The van der Waals surface area contributed by atoms with Gasteiger partial charge in [0.15, 0.2) is 0 Å². The zero-order chi connectivity index (χ0) is 7.11. The van der Waals surface area contributed by atoms with Crippen LogP contribution in [0.1, 0.15) is 26.7 Å². The molecule has 1 atom stereocenters. The first kappa shape index (κ1) is 9.06. The minimum Gasteiger partial charge on any atom is -0.294 e. The highest BCUT2D eigenvalue weighted by Crippen LogP contribution is 2.07. The van der Waals surface area contributed by atoms with Gasteiger partial charge in [-0.2, -0.15) is 0 Å². The molecule has 1 unspecified atom stereocenters. The van der Waals surface area contributed by atoms with Crippen LogP contribution >= 0.6 is 8.69 Å². The molecule has 0 aromatic rings. The van der Waals surface area contributed by atoms with Crippen LogP contribution in [0.25, 0.3) is 0 Å². The Labute approximate surface area is 57.9 Å². The van der Waals surface area contributed by atoms with Crippen LogP contribution in [-0.4, -0.2) is 6.61 Å². The highest BCUT2D eigenvalue weighted by molar-refractivity contribution is 7.17. The summed E-state index contributed by atoms with van der Waals surface area (Å²) < 4.78 is 14.5. The fourth-order valence-corrected chi connectivity index (χ4v) is 1.05. The lowest BCUT2D eigenvalue weighted by Gasteiger charge is -2.04. The van der Waals surface area contributed by atoms with E-state index in [-0.39, 0.29) is 8.69 Å². The molecule has 0 N–H and O–H groups in total. The summed E-state index contributed by atoms with van der Waals surface area (Å²) in [5.41, 5.74) is 0. The van der Waals surface area contributed by atoms with Gasteiger partial charge in [0.25, 0.3) is 0 Å². The van der Waals surface area contributed by atoms with Crippen LogP contribution in [0.5, 0.6) is 0 Å². The lowest BCUT2D eigenvalue weighted by atomic mass is 10.1. The SMILES string of the molecule is CCCC(C)COP=O. The highest BCUT2D eigenvalue weighted by atomic mass is 31.1. The van der Waals surface area contributed by atoms with Gasteiger partial charge in [-0.1, -0.05) is 20.3 Å². The highest BCUT2D eigenvalue weighted by Gasteiger charge is 1.98. The van der Waals surface area contributed by atoms with Crippen molar-refractivity contribution in [3.05, 3.63) is 0 Å². The Bertz CT molecular complexity index is 75.5. The summed E-state index contributed by atoms with van der Waals surface area (Å²) in [7, 11) is -0.195.